The van der Waals surface area contributed by atoms with E-state index in [0.717, 1.165) is 7.11 Å². The van der Waals surface area contributed by atoms with Crippen LogP contribution in [0.1, 0.15) is 6.42 Å². The van der Waals surface area contributed by atoms with Crippen LogP contribution in [0.4, 0.5) is 0 Å². The Bertz CT molecular complexity index is 368. The van der Waals surface area contributed by atoms with Crippen LogP contribution in [0.2, 0.25) is 0 Å². The van der Waals surface area contributed by atoms with Crippen molar-refractivity contribution in [2.45, 2.75) is 6.42 Å². The summed E-state index contributed by atoms with van der Waals surface area (Å²) < 4.78 is 3.94. The van der Waals surface area contributed by atoms with Crippen molar-refractivity contribution in [3.63, 3.8) is 0 Å². The minimum atomic E-state index is -0.746. The molecule has 0 bridgehead atoms. The molecule has 0 radical (unpaired) electrons. The van der Waals surface area contributed by atoms with E-state index in [-0.39, 0.29) is 14.6 Å². The second-order valence-electron chi connectivity index (χ2n) is 2.38. The molecule has 0 rings (SSSR count). The van der Waals surface area contributed by atoms with Crippen LogP contribution in [0.25, 0.3) is 0 Å². The molecule has 0 aliphatic carbocycles. The summed E-state index contributed by atoms with van der Waals surface area (Å²) in [6.45, 7) is 0. The first kappa shape index (κ1) is 16.1. The molecule has 0 amide bonds. The minimum absolute atomic E-state index is 0.270. The molecule has 0 heterocycles. The number of methoxy groups -OCH3 is 1. The van der Waals surface area contributed by atoms with Crippen molar-refractivity contribution in [3.8, 4) is 0 Å². The molecule has 0 aromatic carbocycles. The number of ketones is 1. The summed E-state index contributed by atoms with van der Waals surface area (Å²) in [6, 6.07) is 0. The fourth-order valence-electron chi connectivity index (χ4n) is 0.583. The molecular weight excluding hydrogens is 321 g/mol. The summed E-state index contributed by atoms with van der Waals surface area (Å²) in [4.78, 5) is 22.1. The normalized spacial score (nSPS) is 11.6. The lowest BCUT2D eigenvalue weighted by Gasteiger charge is -2.02. The van der Waals surface area contributed by atoms with Gasteiger partial charge >= 0.3 is 5.97 Å². The lowest BCUT2D eigenvalue weighted by molar-refractivity contribution is -0.142. The van der Waals surface area contributed by atoms with E-state index in [1.54, 1.807) is 0 Å². The Morgan fingerprint density at radius 3 is 1.81 bits per heavy atom. The molecule has 3 nitrogen and oxygen atoms in total. The maximum absolute atomic E-state index is 11.3. The van der Waals surface area contributed by atoms with E-state index in [4.69, 9.17) is 58.0 Å². The predicted octanol–water partition coefficient (Wildman–Crippen LogP) is 3.69. The van der Waals surface area contributed by atoms with E-state index in [0.29, 0.717) is 0 Å². The summed E-state index contributed by atoms with van der Waals surface area (Å²) in [7, 11) is 1.14. The van der Waals surface area contributed by atoms with Crippen molar-refractivity contribution in [3.05, 3.63) is 19.6 Å². The monoisotopic (exact) mass is 324 g/mol. The first-order valence-electron chi connectivity index (χ1n) is 3.67. The number of carbonyl (C=O) groups excluding carboxylic acids is 2. The molecule has 0 aromatic heterocycles. The standard InChI is InChI=1S/C8H5Cl5O3/c1-16-4(15)2-3(14)5(9)6(10)7(11)8(12)13/h2H2,1H3. The fraction of sp³-hybridized carbons (Fsp3) is 0.250. The lowest BCUT2D eigenvalue weighted by Crippen LogP contribution is -2.10. The summed E-state index contributed by atoms with van der Waals surface area (Å²) in [5.41, 5.74) is 0. The van der Waals surface area contributed by atoms with Gasteiger partial charge in [0, 0.05) is 0 Å². The van der Waals surface area contributed by atoms with Gasteiger partial charge in [-0.2, -0.15) is 0 Å². The summed E-state index contributed by atoms with van der Waals surface area (Å²) in [5.74, 6) is -1.49. The molecule has 0 spiro atoms. The summed E-state index contributed by atoms with van der Waals surface area (Å²) in [6.07, 6.45) is -0.546. The maximum atomic E-state index is 11.3. The van der Waals surface area contributed by atoms with Gasteiger partial charge in [-0.05, 0) is 0 Å². The third-order valence-corrected chi connectivity index (χ3v) is 3.25. The number of rotatable bonds is 4. The zero-order valence-corrected chi connectivity index (χ0v) is 11.6. The predicted molar refractivity (Wildman–Crippen MR) is 65.0 cm³/mol. The third-order valence-electron chi connectivity index (χ3n) is 1.33. The van der Waals surface area contributed by atoms with Crippen LogP contribution in [0, 0.1) is 0 Å². The first-order chi connectivity index (χ1) is 7.31. The van der Waals surface area contributed by atoms with E-state index in [1.165, 1.54) is 0 Å². The molecule has 0 saturated heterocycles. The average molecular weight is 326 g/mol. The van der Waals surface area contributed by atoms with Crippen LogP contribution in [0.3, 0.4) is 0 Å². The topological polar surface area (TPSA) is 43.4 Å². The molecule has 0 fully saturated rings. The van der Waals surface area contributed by atoms with E-state index >= 15 is 0 Å². The van der Waals surface area contributed by atoms with Crippen LogP contribution in [-0.2, 0) is 14.3 Å². The van der Waals surface area contributed by atoms with Crippen LogP contribution >= 0.6 is 58.0 Å². The van der Waals surface area contributed by atoms with E-state index in [9.17, 15) is 9.59 Å². The van der Waals surface area contributed by atoms with Crippen molar-refractivity contribution in [2.75, 3.05) is 7.11 Å². The maximum Gasteiger partial charge on any atom is 0.313 e. The molecule has 8 heteroatoms. The number of halogens is 5. The zero-order chi connectivity index (χ0) is 12.9. The van der Waals surface area contributed by atoms with Crippen LogP contribution in [-0.4, -0.2) is 18.9 Å². The molecule has 16 heavy (non-hydrogen) atoms. The van der Waals surface area contributed by atoms with Gasteiger partial charge in [-0.3, -0.25) is 9.59 Å². The molecule has 0 N–H and O–H groups in total. The van der Waals surface area contributed by atoms with Crippen molar-refractivity contribution >= 4 is 69.8 Å². The Kier molecular flexibility index (Phi) is 7.44. The molecule has 0 unspecified atom stereocenters. The van der Waals surface area contributed by atoms with Gasteiger partial charge in [0.15, 0.2) is 5.78 Å². The second kappa shape index (κ2) is 7.41. The third kappa shape index (κ3) is 4.93. The number of ether oxygens (including phenoxy) is 1. The van der Waals surface area contributed by atoms with Gasteiger partial charge in [0.1, 0.15) is 15.9 Å². The summed E-state index contributed by atoms with van der Waals surface area (Å²) >= 11 is 27.4. The first-order valence-corrected chi connectivity index (χ1v) is 5.56. The molecular formula is C8H5Cl5O3. The molecule has 0 aliphatic rings. The SMILES string of the molecule is COC(=O)CC(=O)C(Cl)=C(Cl)C(Cl)=C(Cl)Cl. The van der Waals surface area contributed by atoms with Gasteiger partial charge in [-0.1, -0.05) is 58.0 Å². The second-order valence-corrected chi connectivity index (χ2v) is 4.46. The van der Waals surface area contributed by atoms with Crippen molar-refractivity contribution in [1.82, 2.24) is 0 Å². The minimum Gasteiger partial charge on any atom is -0.469 e. The van der Waals surface area contributed by atoms with E-state index in [2.05, 4.69) is 4.74 Å². The highest BCUT2D eigenvalue weighted by Crippen LogP contribution is 2.31. The van der Waals surface area contributed by atoms with Crippen molar-refractivity contribution in [2.24, 2.45) is 0 Å². The smallest absolute Gasteiger partial charge is 0.313 e. The molecule has 0 aromatic rings. The Morgan fingerprint density at radius 1 is 0.938 bits per heavy atom. The number of esters is 1. The molecule has 0 saturated carbocycles. The highest BCUT2D eigenvalue weighted by Gasteiger charge is 2.19. The molecule has 0 atom stereocenters. The number of Topliss-reactive ketones (excluding diaryl/α,β-unsaturated/α-hetero) is 1. The number of hydrogen-bond donors (Lipinski definition) is 0. The van der Waals surface area contributed by atoms with Gasteiger partial charge < -0.3 is 4.74 Å². The van der Waals surface area contributed by atoms with Gasteiger partial charge in [-0.15, -0.1) is 0 Å². The van der Waals surface area contributed by atoms with Gasteiger partial charge in [0.05, 0.1) is 17.2 Å². The average Bonchev–Trinajstić information content (AvgIpc) is 2.25. The molecule has 0 aliphatic heterocycles. The number of allylic oxidation sites excluding steroid dienone is 3. The van der Waals surface area contributed by atoms with Crippen molar-refractivity contribution < 1.29 is 14.3 Å². The zero-order valence-electron chi connectivity index (χ0n) is 7.82. The van der Waals surface area contributed by atoms with Crippen LogP contribution < -0.4 is 0 Å². The summed E-state index contributed by atoms with van der Waals surface area (Å²) in [5, 5.41) is -1.03. The number of hydrogen-bond acceptors (Lipinski definition) is 3. The Hall–Kier alpha value is 0.0700. The van der Waals surface area contributed by atoms with Gasteiger partial charge in [0.25, 0.3) is 0 Å². The quantitative estimate of drug-likeness (QED) is 0.342. The Balaban J connectivity index is 4.97. The highest BCUT2D eigenvalue weighted by atomic mass is 35.5. The Morgan fingerprint density at radius 2 is 1.44 bits per heavy atom. The van der Waals surface area contributed by atoms with Gasteiger partial charge in [0.2, 0.25) is 0 Å². The van der Waals surface area contributed by atoms with Gasteiger partial charge in [-0.25, -0.2) is 0 Å². The number of carbonyl (C=O) groups is 2. The molecule has 90 valence electrons. The largest absolute Gasteiger partial charge is 0.469 e. The van der Waals surface area contributed by atoms with Crippen molar-refractivity contribution in [1.29, 1.82) is 0 Å². The lowest BCUT2D eigenvalue weighted by atomic mass is 10.2. The highest BCUT2D eigenvalue weighted by molar-refractivity contribution is 6.62. The van der Waals surface area contributed by atoms with E-state index in [1.807, 2.05) is 0 Å². The Labute approximate surface area is 117 Å². The van der Waals surface area contributed by atoms with Crippen LogP contribution in [0.5, 0.6) is 0 Å². The fourth-order valence-corrected chi connectivity index (χ4v) is 1.37. The van der Waals surface area contributed by atoms with Crippen LogP contribution in [0.15, 0.2) is 19.6 Å². The van der Waals surface area contributed by atoms with E-state index < -0.39 is 23.2 Å².